The minimum absolute atomic E-state index is 0.0550. The normalized spacial score (nSPS) is 11.5. The second-order valence-electron chi connectivity index (χ2n) is 6.02. The molecule has 6 nitrogen and oxygen atoms in total. The summed E-state index contributed by atoms with van der Waals surface area (Å²) in [6.45, 7) is 3.71. The fraction of sp³-hybridized carbons (Fsp3) is 0.278. The molecule has 0 aromatic heterocycles. The molecule has 0 aliphatic carbocycles. The molecule has 0 saturated heterocycles. The largest absolute Gasteiger partial charge is 0.482 e. The van der Waals surface area contributed by atoms with Crippen molar-refractivity contribution in [2.75, 3.05) is 26.0 Å². The van der Waals surface area contributed by atoms with Crippen molar-refractivity contribution >= 4 is 33.2 Å². The van der Waals surface area contributed by atoms with Gasteiger partial charge in [-0.3, -0.25) is 4.79 Å². The molecule has 0 unspecified atom stereocenters. The van der Waals surface area contributed by atoms with Crippen molar-refractivity contribution in [3.05, 3.63) is 52.5 Å². The third kappa shape index (κ3) is 4.75. The number of rotatable bonds is 6. The van der Waals surface area contributed by atoms with Gasteiger partial charge in [-0.1, -0.05) is 17.7 Å². The summed E-state index contributed by atoms with van der Waals surface area (Å²) < 4.78 is 30.7. The minimum Gasteiger partial charge on any atom is -0.482 e. The van der Waals surface area contributed by atoms with E-state index in [1.54, 1.807) is 0 Å². The van der Waals surface area contributed by atoms with Gasteiger partial charge in [-0.15, -0.1) is 0 Å². The van der Waals surface area contributed by atoms with Gasteiger partial charge in [0.1, 0.15) is 5.75 Å². The topological polar surface area (TPSA) is 75.7 Å². The van der Waals surface area contributed by atoms with E-state index in [0.717, 1.165) is 15.4 Å². The lowest BCUT2D eigenvalue weighted by Gasteiger charge is -2.13. The van der Waals surface area contributed by atoms with Crippen LogP contribution >= 0.6 is 11.6 Å². The lowest BCUT2D eigenvalue weighted by atomic mass is 10.1. The van der Waals surface area contributed by atoms with Crippen LogP contribution in [-0.2, 0) is 14.8 Å². The van der Waals surface area contributed by atoms with E-state index in [4.69, 9.17) is 16.3 Å². The predicted octanol–water partition coefficient (Wildman–Crippen LogP) is 3.22. The maximum atomic E-state index is 12.1. The molecule has 2 aromatic carbocycles. The summed E-state index contributed by atoms with van der Waals surface area (Å²) >= 11 is 6.08. The van der Waals surface area contributed by atoms with Crippen LogP contribution in [0, 0.1) is 13.8 Å². The van der Waals surface area contributed by atoms with E-state index in [1.165, 1.54) is 32.3 Å². The number of amides is 1. The summed E-state index contributed by atoms with van der Waals surface area (Å²) in [7, 11) is -0.711. The fourth-order valence-electron chi connectivity index (χ4n) is 2.13. The molecular formula is C18H21ClN2O4S. The van der Waals surface area contributed by atoms with Crippen LogP contribution in [0.25, 0.3) is 0 Å². The molecule has 8 heteroatoms. The summed E-state index contributed by atoms with van der Waals surface area (Å²) in [5, 5.41) is 2.86. The molecule has 0 bridgehead atoms. The number of hydrogen-bond acceptors (Lipinski definition) is 4. The SMILES string of the molecule is Cc1ccc(NC(=O)COc2ccc(S(=O)(=O)N(C)C)cc2Cl)cc1C. The van der Waals surface area contributed by atoms with Crippen LogP contribution in [0.3, 0.4) is 0 Å². The molecule has 0 spiro atoms. The highest BCUT2D eigenvalue weighted by molar-refractivity contribution is 7.89. The van der Waals surface area contributed by atoms with Gasteiger partial charge in [0.2, 0.25) is 10.0 Å². The number of benzene rings is 2. The molecule has 0 heterocycles. The van der Waals surface area contributed by atoms with E-state index < -0.39 is 10.0 Å². The van der Waals surface area contributed by atoms with E-state index in [9.17, 15) is 13.2 Å². The van der Waals surface area contributed by atoms with Crippen LogP contribution in [0.1, 0.15) is 11.1 Å². The highest BCUT2D eigenvalue weighted by atomic mass is 35.5. The zero-order chi connectivity index (χ0) is 19.5. The monoisotopic (exact) mass is 396 g/mol. The first kappa shape index (κ1) is 20.2. The second kappa shape index (κ2) is 8.07. The Morgan fingerprint density at radius 3 is 2.38 bits per heavy atom. The van der Waals surface area contributed by atoms with Crippen molar-refractivity contribution in [2.45, 2.75) is 18.7 Å². The van der Waals surface area contributed by atoms with Gasteiger partial charge in [-0.25, -0.2) is 12.7 Å². The third-order valence-corrected chi connectivity index (χ3v) is 5.94. The summed E-state index contributed by atoms with van der Waals surface area (Å²) in [4.78, 5) is 12.1. The molecule has 140 valence electrons. The van der Waals surface area contributed by atoms with E-state index in [2.05, 4.69) is 5.32 Å². The molecule has 2 aromatic rings. The van der Waals surface area contributed by atoms with Gasteiger partial charge in [0, 0.05) is 19.8 Å². The van der Waals surface area contributed by atoms with Crippen molar-refractivity contribution in [3.8, 4) is 5.75 Å². The van der Waals surface area contributed by atoms with E-state index in [0.29, 0.717) is 5.69 Å². The fourth-order valence-corrected chi connectivity index (χ4v) is 3.36. The summed E-state index contributed by atoms with van der Waals surface area (Å²) in [5.74, 6) is -0.103. The van der Waals surface area contributed by atoms with Gasteiger partial charge in [-0.05, 0) is 55.3 Å². The van der Waals surface area contributed by atoms with Crippen molar-refractivity contribution in [2.24, 2.45) is 0 Å². The minimum atomic E-state index is -3.58. The molecule has 0 atom stereocenters. The first-order valence-electron chi connectivity index (χ1n) is 7.83. The number of halogens is 1. The number of anilines is 1. The van der Waals surface area contributed by atoms with Crippen LogP contribution in [0.5, 0.6) is 5.75 Å². The van der Waals surface area contributed by atoms with Gasteiger partial charge < -0.3 is 10.1 Å². The lowest BCUT2D eigenvalue weighted by Crippen LogP contribution is -2.22. The van der Waals surface area contributed by atoms with Crippen molar-refractivity contribution in [3.63, 3.8) is 0 Å². The Bertz CT molecular complexity index is 927. The predicted molar refractivity (Wildman–Crippen MR) is 102 cm³/mol. The Morgan fingerprint density at radius 2 is 1.81 bits per heavy atom. The van der Waals surface area contributed by atoms with Gasteiger partial charge >= 0.3 is 0 Å². The summed E-state index contributed by atoms with van der Waals surface area (Å²) in [6, 6.07) is 9.73. The Hall–Kier alpha value is -2.09. The van der Waals surface area contributed by atoms with Crippen LogP contribution in [0.15, 0.2) is 41.3 Å². The maximum absolute atomic E-state index is 12.1. The first-order valence-corrected chi connectivity index (χ1v) is 9.65. The van der Waals surface area contributed by atoms with Crippen LogP contribution in [-0.4, -0.2) is 39.3 Å². The molecule has 1 N–H and O–H groups in total. The number of nitrogens with zero attached hydrogens (tertiary/aromatic N) is 1. The highest BCUT2D eigenvalue weighted by Gasteiger charge is 2.19. The number of nitrogens with one attached hydrogen (secondary N) is 1. The second-order valence-corrected chi connectivity index (χ2v) is 8.57. The molecular weight excluding hydrogens is 376 g/mol. The van der Waals surface area contributed by atoms with E-state index in [1.807, 2.05) is 32.0 Å². The Kier molecular flexibility index (Phi) is 6.28. The zero-order valence-electron chi connectivity index (χ0n) is 15.0. The number of sulfonamides is 1. The van der Waals surface area contributed by atoms with Crippen molar-refractivity contribution in [1.82, 2.24) is 4.31 Å². The quantitative estimate of drug-likeness (QED) is 0.813. The van der Waals surface area contributed by atoms with Crippen molar-refractivity contribution in [1.29, 1.82) is 0 Å². The Balaban J connectivity index is 2.03. The summed E-state index contributed by atoms with van der Waals surface area (Å²) in [5.41, 5.74) is 2.89. The molecule has 0 aliphatic rings. The number of aryl methyl sites for hydroxylation is 2. The Labute approximate surface area is 158 Å². The van der Waals surface area contributed by atoms with E-state index in [-0.39, 0.29) is 28.2 Å². The van der Waals surface area contributed by atoms with Crippen LogP contribution < -0.4 is 10.1 Å². The smallest absolute Gasteiger partial charge is 0.262 e. The molecule has 0 radical (unpaired) electrons. The standard InChI is InChI=1S/C18H21ClN2O4S/c1-12-5-6-14(9-13(12)2)20-18(22)11-25-17-8-7-15(10-16(17)19)26(23,24)21(3)4/h5-10H,11H2,1-4H3,(H,20,22). The molecule has 1 amide bonds. The zero-order valence-corrected chi connectivity index (χ0v) is 16.6. The molecule has 2 rings (SSSR count). The van der Waals surface area contributed by atoms with Crippen molar-refractivity contribution < 1.29 is 17.9 Å². The number of hydrogen-bond donors (Lipinski definition) is 1. The highest BCUT2D eigenvalue weighted by Crippen LogP contribution is 2.28. The van der Waals surface area contributed by atoms with Gasteiger partial charge in [0.15, 0.2) is 6.61 Å². The average molecular weight is 397 g/mol. The Morgan fingerprint density at radius 1 is 1.12 bits per heavy atom. The number of carbonyl (C=O) groups is 1. The van der Waals surface area contributed by atoms with Gasteiger partial charge in [0.25, 0.3) is 5.91 Å². The van der Waals surface area contributed by atoms with Crippen LogP contribution in [0.4, 0.5) is 5.69 Å². The first-order chi connectivity index (χ1) is 12.1. The molecule has 26 heavy (non-hydrogen) atoms. The third-order valence-electron chi connectivity index (χ3n) is 3.83. The molecule has 0 saturated carbocycles. The maximum Gasteiger partial charge on any atom is 0.262 e. The van der Waals surface area contributed by atoms with Crippen LogP contribution in [0.2, 0.25) is 5.02 Å². The molecule has 0 fully saturated rings. The van der Waals surface area contributed by atoms with Gasteiger partial charge in [0.05, 0.1) is 9.92 Å². The number of ether oxygens (including phenoxy) is 1. The molecule has 0 aliphatic heterocycles. The average Bonchev–Trinajstić information content (AvgIpc) is 2.56. The number of carbonyl (C=O) groups excluding carboxylic acids is 1. The summed E-state index contributed by atoms with van der Waals surface area (Å²) in [6.07, 6.45) is 0. The van der Waals surface area contributed by atoms with E-state index >= 15 is 0 Å². The van der Waals surface area contributed by atoms with Gasteiger partial charge in [-0.2, -0.15) is 0 Å². The lowest BCUT2D eigenvalue weighted by molar-refractivity contribution is -0.118.